The van der Waals surface area contributed by atoms with E-state index in [0.29, 0.717) is 24.5 Å². The Labute approximate surface area is 110 Å². The van der Waals surface area contributed by atoms with Crippen molar-refractivity contribution >= 4 is 0 Å². The van der Waals surface area contributed by atoms with Crippen molar-refractivity contribution in [3.05, 3.63) is 58.0 Å². The second kappa shape index (κ2) is 5.83. The van der Waals surface area contributed by atoms with Gasteiger partial charge in [-0.05, 0) is 24.6 Å². The van der Waals surface area contributed by atoms with Crippen LogP contribution in [0.25, 0.3) is 0 Å². The summed E-state index contributed by atoms with van der Waals surface area (Å²) < 4.78 is 6.57. The predicted octanol–water partition coefficient (Wildman–Crippen LogP) is 1.56. The maximum absolute atomic E-state index is 12.0. The summed E-state index contributed by atoms with van der Waals surface area (Å²) in [6, 6.07) is 10.6. The minimum atomic E-state index is -0.256. The summed E-state index contributed by atoms with van der Waals surface area (Å²) in [4.78, 5) is 12.0. The molecule has 0 radical (unpaired) electrons. The van der Waals surface area contributed by atoms with E-state index in [4.69, 9.17) is 10.00 Å². The molecule has 0 saturated heterocycles. The van der Waals surface area contributed by atoms with Crippen LogP contribution >= 0.6 is 0 Å². The van der Waals surface area contributed by atoms with E-state index >= 15 is 0 Å². The van der Waals surface area contributed by atoms with Gasteiger partial charge >= 0.3 is 5.56 Å². The third kappa shape index (κ3) is 2.99. The average molecular weight is 255 g/mol. The Morgan fingerprint density at radius 3 is 2.68 bits per heavy atom. The molecule has 0 saturated carbocycles. The number of benzene rings is 1. The number of nitriles is 1. The van der Waals surface area contributed by atoms with Crippen molar-refractivity contribution in [3.63, 3.8) is 0 Å². The van der Waals surface area contributed by atoms with Gasteiger partial charge in [-0.15, -0.1) is 0 Å². The normalized spacial score (nSPS) is 9.89. The zero-order chi connectivity index (χ0) is 13.7. The van der Waals surface area contributed by atoms with Crippen LogP contribution in [0.15, 0.2) is 41.3 Å². The molecule has 0 amide bonds. The topological polar surface area (TPSA) is 67.9 Å². The SMILES string of the molecule is CCOc1ccnn(Cc2ccc(C#N)cc2)c1=O. The van der Waals surface area contributed by atoms with Gasteiger partial charge in [0.25, 0.3) is 0 Å². The van der Waals surface area contributed by atoms with E-state index in [1.807, 2.05) is 6.92 Å². The summed E-state index contributed by atoms with van der Waals surface area (Å²) in [5, 5.41) is 12.7. The molecular weight excluding hydrogens is 242 g/mol. The summed E-state index contributed by atoms with van der Waals surface area (Å²) in [6.45, 7) is 2.62. The Morgan fingerprint density at radius 1 is 1.32 bits per heavy atom. The van der Waals surface area contributed by atoms with Crippen LogP contribution in [0.2, 0.25) is 0 Å². The summed E-state index contributed by atoms with van der Waals surface area (Å²) in [7, 11) is 0. The zero-order valence-electron chi connectivity index (χ0n) is 10.5. The molecule has 0 N–H and O–H groups in total. The Hall–Kier alpha value is -2.61. The van der Waals surface area contributed by atoms with Gasteiger partial charge in [-0.1, -0.05) is 12.1 Å². The summed E-state index contributed by atoms with van der Waals surface area (Å²) in [5.41, 5.74) is 1.24. The molecule has 0 spiro atoms. The van der Waals surface area contributed by atoms with E-state index in [1.165, 1.54) is 10.9 Å². The van der Waals surface area contributed by atoms with Gasteiger partial charge in [-0.3, -0.25) is 4.79 Å². The summed E-state index contributed by atoms with van der Waals surface area (Å²) >= 11 is 0. The summed E-state index contributed by atoms with van der Waals surface area (Å²) in [5.74, 6) is 0.297. The summed E-state index contributed by atoms with van der Waals surface area (Å²) in [6.07, 6.45) is 1.54. The number of hydrogen-bond acceptors (Lipinski definition) is 4. The minimum Gasteiger partial charge on any atom is -0.488 e. The van der Waals surface area contributed by atoms with Gasteiger partial charge in [-0.25, -0.2) is 4.68 Å². The van der Waals surface area contributed by atoms with Crippen LogP contribution in [-0.2, 0) is 6.54 Å². The van der Waals surface area contributed by atoms with Crippen LogP contribution in [0.1, 0.15) is 18.1 Å². The Bertz CT molecular complexity index is 654. The number of aromatic nitrogens is 2. The maximum Gasteiger partial charge on any atom is 0.309 e. The van der Waals surface area contributed by atoms with E-state index in [9.17, 15) is 4.79 Å². The van der Waals surface area contributed by atoms with Gasteiger partial charge in [0.15, 0.2) is 5.75 Å². The molecule has 0 bridgehead atoms. The molecule has 5 nitrogen and oxygen atoms in total. The lowest BCUT2D eigenvalue weighted by Crippen LogP contribution is -2.24. The van der Waals surface area contributed by atoms with Crippen molar-refractivity contribution in [1.82, 2.24) is 9.78 Å². The number of rotatable bonds is 4. The molecular formula is C14H13N3O2. The monoisotopic (exact) mass is 255 g/mol. The van der Waals surface area contributed by atoms with E-state index in [-0.39, 0.29) is 5.56 Å². The van der Waals surface area contributed by atoms with E-state index in [0.717, 1.165) is 5.56 Å². The number of nitrogens with zero attached hydrogens (tertiary/aromatic N) is 3. The molecule has 0 fully saturated rings. The minimum absolute atomic E-state index is 0.256. The van der Waals surface area contributed by atoms with Crippen molar-refractivity contribution in [2.75, 3.05) is 6.61 Å². The van der Waals surface area contributed by atoms with Gasteiger partial charge in [0.05, 0.1) is 31.0 Å². The molecule has 0 aliphatic heterocycles. The predicted molar refractivity (Wildman–Crippen MR) is 69.9 cm³/mol. The fourth-order valence-corrected chi connectivity index (χ4v) is 1.67. The van der Waals surface area contributed by atoms with Crippen molar-refractivity contribution in [1.29, 1.82) is 5.26 Å². The lowest BCUT2D eigenvalue weighted by molar-refractivity contribution is 0.329. The molecule has 1 aromatic heterocycles. The fraction of sp³-hybridized carbons (Fsp3) is 0.214. The van der Waals surface area contributed by atoms with Crippen molar-refractivity contribution < 1.29 is 4.74 Å². The third-order valence-electron chi connectivity index (χ3n) is 2.59. The lowest BCUT2D eigenvalue weighted by Gasteiger charge is -2.07. The largest absolute Gasteiger partial charge is 0.488 e. The van der Waals surface area contributed by atoms with Crippen LogP contribution in [0.4, 0.5) is 0 Å². The standard InChI is InChI=1S/C14H13N3O2/c1-2-19-13-7-8-16-17(14(13)18)10-12-5-3-11(9-15)4-6-12/h3-8H,2,10H2,1H3. The third-order valence-corrected chi connectivity index (χ3v) is 2.59. The Kier molecular flexibility index (Phi) is 3.94. The Balaban J connectivity index is 2.25. The molecule has 5 heteroatoms. The molecule has 2 rings (SSSR count). The van der Waals surface area contributed by atoms with Gasteiger partial charge in [0.1, 0.15) is 0 Å². The zero-order valence-corrected chi connectivity index (χ0v) is 10.5. The van der Waals surface area contributed by atoms with Gasteiger partial charge in [0, 0.05) is 6.07 Å². The van der Waals surface area contributed by atoms with Gasteiger partial charge in [0.2, 0.25) is 0 Å². The molecule has 19 heavy (non-hydrogen) atoms. The first-order valence-corrected chi connectivity index (χ1v) is 5.92. The molecule has 2 aromatic rings. The van der Waals surface area contributed by atoms with Crippen molar-refractivity contribution in [3.8, 4) is 11.8 Å². The lowest BCUT2D eigenvalue weighted by atomic mass is 10.1. The molecule has 0 unspecified atom stereocenters. The average Bonchev–Trinajstić information content (AvgIpc) is 2.44. The number of hydrogen-bond donors (Lipinski definition) is 0. The fourth-order valence-electron chi connectivity index (χ4n) is 1.67. The molecule has 1 heterocycles. The van der Waals surface area contributed by atoms with Gasteiger partial charge < -0.3 is 4.74 Å². The van der Waals surface area contributed by atoms with E-state index in [2.05, 4.69) is 11.2 Å². The van der Waals surface area contributed by atoms with Crippen LogP contribution in [0.3, 0.4) is 0 Å². The quantitative estimate of drug-likeness (QED) is 0.831. The second-order valence-corrected chi connectivity index (χ2v) is 3.90. The molecule has 96 valence electrons. The highest BCUT2D eigenvalue weighted by Gasteiger charge is 2.05. The van der Waals surface area contributed by atoms with E-state index < -0.39 is 0 Å². The first-order valence-electron chi connectivity index (χ1n) is 5.92. The maximum atomic E-state index is 12.0. The van der Waals surface area contributed by atoms with Crippen LogP contribution in [0, 0.1) is 11.3 Å². The first-order chi connectivity index (χ1) is 9.24. The highest BCUT2D eigenvalue weighted by molar-refractivity contribution is 5.31. The first kappa shape index (κ1) is 12.8. The van der Waals surface area contributed by atoms with Crippen molar-refractivity contribution in [2.24, 2.45) is 0 Å². The van der Waals surface area contributed by atoms with Crippen LogP contribution in [-0.4, -0.2) is 16.4 Å². The highest BCUT2D eigenvalue weighted by Crippen LogP contribution is 2.05. The van der Waals surface area contributed by atoms with E-state index in [1.54, 1.807) is 30.3 Å². The Morgan fingerprint density at radius 2 is 2.05 bits per heavy atom. The molecule has 0 atom stereocenters. The molecule has 0 aliphatic carbocycles. The highest BCUT2D eigenvalue weighted by atomic mass is 16.5. The smallest absolute Gasteiger partial charge is 0.309 e. The molecule has 1 aromatic carbocycles. The van der Waals surface area contributed by atoms with Crippen LogP contribution in [0.5, 0.6) is 5.75 Å². The van der Waals surface area contributed by atoms with Gasteiger partial charge in [-0.2, -0.15) is 10.4 Å². The number of ether oxygens (including phenoxy) is 1. The van der Waals surface area contributed by atoms with Crippen LogP contribution < -0.4 is 10.3 Å². The van der Waals surface area contributed by atoms with Crippen molar-refractivity contribution in [2.45, 2.75) is 13.5 Å². The second-order valence-electron chi connectivity index (χ2n) is 3.90. The molecule has 0 aliphatic rings.